The van der Waals surface area contributed by atoms with Gasteiger partial charge in [0.1, 0.15) is 5.75 Å². The number of ketones is 1. The Labute approximate surface area is 178 Å². The van der Waals surface area contributed by atoms with Crippen LogP contribution in [-0.4, -0.2) is 46.1 Å². The Kier molecular flexibility index (Phi) is 8.72. The van der Waals surface area contributed by atoms with Crippen molar-refractivity contribution in [3.8, 4) is 0 Å². The Morgan fingerprint density at radius 2 is 1.57 bits per heavy atom. The van der Waals surface area contributed by atoms with Gasteiger partial charge in [0.05, 0.1) is 15.9 Å². The zero-order chi connectivity index (χ0) is 22.2. The SMILES string of the molecule is Cc1ccc(S(=O)(=O)NCCCCC(O)CC(=O)CS(=O)(=O)c2ccccc2)cc1. The number of carbonyl (C=O) groups excluding carboxylic acids is 1. The molecule has 0 bridgehead atoms. The first-order chi connectivity index (χ1) is 14.1. The third-order valence-corrected chi connectivity index (χ3v) is 7.67. The van der Waals surface area contributed by atoms with Crippen LogP contribution in [0.15, 0.2) is 64.4 Å². The van der Waals surface area contributed by atoms with Crippen LogP contribution in [0.25, 0.3) is 0 Å². The number of aryl methyl sites for hydroxylation is 1. The fourth-order valence-electron chi connectivity index (χ4n) is 2.86. The summed E-state index contributed by atoms with van der Waals surface area (Å²) in [5, 5.41) is 10.00. The van der Waals surface area contributed by atoms with E-state index < -0.39 is 37.5 Å². The van der Waals surface area contributed by atoms with Gasteiger partial charge in [0, 0.05) is 13.0 Å². The van der Waals surface area contributed by atoms with Gasteiger partial charge in [0.25, 0.3) is 0 Å². The molecule has 1 unspecified atom stereocenters. The smallest absolute Gasteiger partial charge is 0.240 e. The first kappa shape index (κ1) is 24.2. The van der Waals surface area contributed by atoms with Crippen LogP contribution in [0.3, 0.4) is 0 Å². The van der Waals surface area contributed by atoms with E-state index in [9.17, 15) is 26.7 Å². The fraction of sp³-hybridized carbons (Fsp3) is 0.381. The Balaban J connectivity index is 1.70. The Bertz CT molecular complexity index is 1030. The Morgan fingerprint density at radius 3 is 2.20 bits per heavy atom. The topological polar surface area (TPSA) is 118 Å². The molecule has 0 saturated heterocycles. The maximum atomic E-state index is 12.2. The molecule has 0 aliphatic heterocycles. The summed E-state index contributed by atoms with van der Waals surface area (Å²) >= 11 is 0. The molecule has 0 aromatic heterocycles. The van der Waals surface area contributed by atoms with E-state index in [2.05, 4.69) is 4.72 Å². The molecule has 164 valence electrons. The van der Waals surface area contributed by atoms with Gasteiger partial charge in [-0.15, -0.1) is 0 Å². The van der Waals surface area contributed by atoms with Crippen LogP contribution in [0.1, 0.15) is 31.2 Å². The minimum absolute atomic E-state index is 0.0775. The quantitative estimate of drug-likeness (QED) is 0.476. The van der Waals surface area contributed by atoms with Gasteiger partial charge < -0.3 is 5.11 Å². The lowest BCUT2D eigenvalue weighted by Crippen LogP contribution is -2.25. The molecule has 0 radical (unpaired) electrons. The number of nitrogens with one attached hydrogen (secondary N) is 1. The van der Waals surface area contributed by atoms with Crippen LogP contribution in [0.4, 0.5) is 0 Å². The number of aliphatic hydroxyl groups is 1. The maximum absolute atomic E-state index is 12.2. The molecule has 30 heavy (non-hydrogen) atoms. The van der Waals surface area contributed by atoms with E-state index in [0.29, 0.717) is 12.8 Å². The van der Waals surface area contributed by atoms with Crippen molar-refractivity contribution in [1.82, 2.24) is 4.72 Å². The average Bonchev–Trinajstić information content (AvgIpc) is 2.68. The van der Waals surface area contributed by atoms with Crippen LogP contribution >= 0.6 is 0 Å². The largest absolute Gasteiger partial charge is 0.393 e. The summed E-state index contributed by atoms with van der Waals surface area (Å²) in [5.41, 5.74) is 0.967. The van der Waals surface area contributed by atoms with Gasteiger partial charge in [-0.25, -0.2) is 21.6 Å². The summed E-state index contributed by atoms with van der Waals surface area (Å²) in [6, 6.07) is 14.2. The van der Waals surface area contributed by atoms with Crippen LogP contribution in [0.2, 0.25) is 0 Å². The molecule has 0 saturated carbocycles. The highest BCUT2D eigenvalue weighted by Gasteiger charge is 2.21. The van der Waals surface area contributed by atoms with Crippen LogP contribution in [0, 0.1) is 6.92 Å². The number of rotatable bonds is 12. The number of hydrogen-bond donors (Lipinski definition) is 2. The normalized spacial score (nSPS) is 13.1. The van der Waals surface area contributed by atoms with E-state index in [-0.39, 0.29) is 29.2 Å². The molecule has 0 aliphatic carbocycles. The molecule has 2 aromatic rings. The van der Waals surface area contributed by atoms with Crippen LogP contribution in [0.5, 0.6) is 0 Å². The van der Waals surface area contributed by atoms with Crippen molar-refractivity contribution < 1.29 is 26.7 Å². The second-order valence-corrected chi connectivity index (χ2v) is 10.9. The summed E-state index contributed by atoms with van der Waals surface area (Å²) in [6.07, 6.45) is 0.0524. The molecule has 0 heterocycles. The van der Waals surface area contributed by atoms with Gasteiger partial charge in [0.2, 0.25) is 10.0 Å². The highest BCUT2D eigenvalue weighted by atomic mass is 32.2. The molecule has 2 rings (SSSR count). The molecule has 1 atom stereocenters. The van der Waals surface area contributed by atoms with Crippen LogP contribution < -0.4 is 4.72 Å². The third kappa shape index (κ3) is 7.64. The summed E-state index contributed by atoms with van der Waals surface area (Å²) in [6.45, 7) is 2.08. The van der Waals surface area contributed by atoms with Gasteiger partial charge in [-0.1, -0.05) is 35.9 Å². The van der Waals surface area contributed by atoms with Gasteiger partial charge in [0.15, 0.2) is 15.6 Å². The van der Waals surface area contributed by atoms with Crippen molar-refractivity contribution in [3.63, 3.8) is 0 Å². The van der Waals surface area contributed by atoms with E-state index in [0.717, 1.165) is 5.56 Å². The summed E-state index contributed by atoms with van der Waals surface area (Å²) < 4.78 is 51.2. The summed E-state index contributed by atoms with van der Waals surface area (Å²) in [5.74, 6) is -1.20. The van der Waals surface area contributed by atoms with E-state index in [4.69, 9.17) is 0 Å². The lowest BCUT2D eigenvalue weighted by Gasteiger charge is -2.11. The number of Topliss-reactive ketones (excluding diaryl/α,β-unsaturated/α-hetero) is 1. The van der Waals surface area contributed by atoms with Gasteiger partial charge in [-0.05, 0) is 50.5 Å². The second kappa shape index (κ2) is 10.8. The van der Waals surface area contributed by atoms with Gasteiger partial charge >= 0.3 is 0 Å². The standard InChI is InChI=1S/C21H27NO6S2/c1-17-10-12-21(13-11-17)30(27,28)22-14-6-5-7-18(23)15-19(24)16-29(25,26)20-8-3-2-4-9-20/h2-4,8-13,18,22-23H,5-7,14-16H2,1H3. The molecule has 9 heteroatoms. The molecule has 0 aliphatic rings. The highest BCUT2D eigenvalue weighted by molar-refractivity contribution is 7.92. The van der Waals surface area contributed by atoms with E-state index in [1.54, 1.807) is 30.3 Å². The van der Waals surface area contributed by atoms with Crippen molar-refractivity contribution in [3.05, 3.63) is 60.2 Å². The summed E-state index contributed by atoms with van der Waals surface area (Å²) in [4.78, 5) is 12.3. The van der Waals surface area contributed by atoms with E-state index in [1.807, 2.05) is 6.92 Å². The average molecular weight is 454 g/mol. The zero-order valence-electron chi connectivity index (χ0n) is 16.8. The first-order valence-electron chi connectivity index (χ1n) is 9.64. The molecule has 0 amide bonds. The van der Waals surface area contributed by atoms with Crippen LogP contribution in [-0.2, 0) is 24.7 Å². The third-order valence-electron chi connectivity index (χ3n) is 4.50. The first-order valence-corrected chi connectivity index (χ1v) is 12.8. The van der Waals surface area contributed by atoms with Crippen molar-refractivity contribution in [2.75, 3.05) is 12.3 Å². The molecule has 2 aromatic carbocycles. The van der Waals surface area contributed by atoms with Crippen molar-refractivity contribution in [1.29, 1.82) is 0 Å². The Hall–Kier alpha value is -2.07. The van der Waals surface area contributed by atoms with E-state index >= 15 is 0 Å². The monoisotopic (exact) mass is 453 g/mol. The molecular formula is C21H27NO6S2. The van der Waals surface area contributed by atoms with Gasteiger partial charge in [-0.3, -0.25) is 4.79 Å². The molecule has 0 fully saturated rings. The predicted molar refractivity (Wildman–Crippen MR) is 114 cm³/mol. The lowest BCUT2D eigenvalue weighted by molar-refractivity contribution is -0.118. The second-order valence-electron chi connectivity index (χ2n) is 7.18. The number of carbonyl (C=O) groups is 1. The summed E-state index contributed by atoms with van der Waals surface area (Å²) in [7, 11) is -7.29. The highest BCUT2D eigenvalue weighted by Crippen LogP contribution is 2.13. The van der Waals surface area contributed by atoms with E-state index in [1.165, 1.54) is 24.3 Å². The number of hydrogen-bond acceptors (Lipinski definition) is 6. The van der Waals surface area contributed by atoms with Crippen molar-refractivity contribution in [2.24, 2.45) is 0 Å². The zero-order valence-corrected chi connectivity index (χ0v) is 18.5. The van der Waals surface area contributed by atoms with Crippen molar-refractivity contribution in [2.45, 2.75) is 48.5 Å². The molecular weight excluding hydrogens is 426 g/mol. The fourth-order valence-corrected chi connectivity index (χ4v) is 5.21. The predicted octanol–water partition coefficient (Wildman–Crippen LogP) is 2.24. The number of aliphatic hydroxyl groups excluding tert-OH is 1. The minimum Gasteiger partial charge on any atom is -0.393 e. The minimum atomic E-state index is -3.72. The molecule has 7 nitrogen and oxygen atoms in total. The van der Waals surface area contributed by atoms with Gasteiger partial charge in [-0.2, -0.15) is 0 Å². The maximum Gasteiger partial charge on any atom is 0.240 e. The Morgan fingerprint density at radius 1 is 0.933 bits per heavy atom. The number of sulfone groups is 1. The van der Waals surface area contributed by atoms with Crippen molar-refractivity contribution >= 4 is 25.6 Å². The molecule has 0 spiro atoms. The number of benzene rings is 2. The number of unbranched alkanes of at least 4 members (excludes halogenated alkanes) is 1. The lowest BCUT2D eigenvalue weighted by atomic mass is 10.1. The molecule has 2 N–H and O–H groups in total. The number of sulfonamides is 1.